The molecule has 108 valence electrons. The second-order valence-electron chi connectivity index (χ2n) is 5.51. The first-order valence-electron chi connectivity index (χ1n) is 6.75. The van der Waals surface area contributed by atoms with Crippen LogP contribution in [0.3, 0.4) is 0 Å². The molecule has 0 radical (unpaired) electrons. The molecule has 0 spiro atoms. The molecule has 0 fully saturated rings. The van der Waals surface area contributed by atoms with Crippen LogP contribution in [0.4, 0.5) is 0 Å². The van der Waals surface area contributed by atoms with E-state index in [4.69, 9.17) is 11.6 Å². The van der Waals surface area contributed by atoms with Gasteiger partial charge in [0.15, 0.2) is 0 Å². The molecule has 0 aliphatic carbocycles. The minimum atomic E-state index is -0.628. The molecule has 0 aliphatic heterocycles. The molecule has 0 aliphatic rings. The fourth-order valence-electron chi connectivity index (χ4n) is 2.85. The number of benzene rings is 1. The van der Waals surface area contributed by atoms with E-state index < -0.39 is 6.10 Å². The van der Waals surface area contributed by atoms with E-state index in [-0.39, 0.29) is 0 Å². The van der Waals surface area contributed by atoms with Crippen LogP contribution in [0, 0.1) is 27.7 Å². The summed E-state index contributed by atoms with van der Waals surface area (Å²) in [5.74, 6) is 0. The Balaban J connectivity index is 2.35. The first-order valence-corrected chi connectivity index (χ1v) is 7.12. The number of hydrogen-bond donors (Lipinski definition) is 1. The lowest BCUT2D eigenvalue weighted by molar-refractivity contribution is 0.177. The Morgan fingerprint density at radius 2 is 1.75 bits per heavy atom. The predicted molar refractivity (Wildman–Crippen MR) is 82.3 cm³/mol. The second kappa shape index (κ2) is 5.58. The zero-order valence-corrected chi connectivity index (χ0v) is 13.4. The van der Waals surface area contributed by atoms with Gasteiger partial charge in [-0.25, -0.2) is 0 Å². The summed E-state index contributed by atoms with van der Waals surface area (Å²) in [4.78, 5) is 0. The molecule has 1 unspecified atom stereocenters. The number of halogens is 1. The van der Waals surface area contributed by atoms with Crippen LogP contribution in [0.1, 0.15) is 39.6 Å². The standard InChI is InChI=1S/C16H21ClN2O/c1-9-6-10(2)13(11(3)7-9)8-14(20)15-12(4)18-19(5)16(15)17/h6-7,14,20H,8H2,1-5H3. The van der Waals surface area contributed by atoms with Gasteiger partial charge in [0.1, 0.15) is 5.15 Å². The van der Waals surface area contributed by atoms with Crippen molar-refractivity contribution in [1.29, 1.82) is 0 Å². The van der Waals surface area contributed by atoms with Gasteiger partial charge in [-0.3, -0.25) is 4.68 Å². The van der Waals surface area contributed by atoms with Crippen molar-refractivity contribution < 1.29 is 5.11 Å². The van der Waals surface area contributed by atoms with Gasteiger partial charge in [-0.05, 0) is 44.4 Å². The quantitative estimate of drug-likeness (QED) is 0.939. The molecule has 3 nitrogen and oxygen atoms in total. The zero-order valence-electron chi connectivity index (χ0n) is 12.7. The van der Waals surface area contributed by atoms with Gasteiger partial charge in [0, 0.05) is 19.0 Å². The smallest absolute Gasteiger partial charge is 0.132 e. The predicted octanol–water partition coefficient (Wildman–Crippen LogP) is 3.58. The highest BCUT2D eigenvalue weighted by molar-refractivity contribution is 6.30. The van der Waals surface area contributed by atoms with Crippen molar-refractivity contribution in [1.82, 2.24) is 9.78 Å². The van der Waals surface area contributed by atoms with E-state index in [0.717, 1.165) is 11.3 Å². The number of rotatable bonds is 3. The lowest BCUT2D eigenvalue weighted by Crippen LogP contribution is -2.06. The number of aryl methyl sites for hydroxylation is 5. The van der Waals surface area contributed by atoms with Crippen LogP contribution in [0.25, 0.3) is 0 Å². The summed E-state index contributed by atoms with van der Waals surface area (Å²) >= 11 is 6.22. The fourth-order valence-corrected chi connectivity index (χ4v) is 3.15. The van der Waals surface area contributed by atoms with E-state index in [9.17, 15) is 5.11 Å². The van der Waals surface area contributed by atoms with Gasteiger partial charge in [0.05, 0.1) is 11.8 Å². The van der Waals surface area contributed by atoms with E-state index in [1.165, 1.54) is 22.3 Å². The third-order valence-corrected chi connectivity index (χ3v) is 4.22. The van der Waals surface area contributed by atoms with Gasteiger partial charge in [-0.2, -0.15) is 5.10 Å². The van der Waals surface area contributed by atoms with Crippen LogP contribution >= 0.6 is 11.6 Å². The maximum atomic E-state index is 10.5. The molecule has 1 aromatic carbocycles. The van der Waals surface area contributed by atoms with Crippen LogP contribution < -0.4 is 0 Å². The maximum absolute atomic E-state index is 10.5. The molecule has 0 amide bonds. The molecular weight excluding hydrogens is 272 g/mol. The number of aromatic nitrogens is 2. The largest absolute Gasteiger partial charge is 0.388 e. The summed E-state index contributed by atoms with van der Waals surface area (Å²) in [6.45, 7) is 8.13. The van der Waals surface area contributed by atoms with Gasteiger partial charge in [0.2, 0.25) is 0 Å². The van der Waals surface area contributed by atoms with Crippen LogP contribution in [0.15, 0.2) is 12.1 Å². The molecule has 2 rings (SSSR count). The first-order chi connectivity index (χ1) is 9.31. The monoisotopic (exact) mass is 292 g/mol. The summed E-state index contributed by atoms with van der Waals surface area (Å²) in [6, 6.07) is 4.29. The van der Waals surface area contributed by atoms with E-state index in [2.05, 4.69) is 38.0 Å². The average molecular weight is 293 g/mol. The Bertz CT molecular complexity index is 623. The number of hydrogen-bond acceptors (Lipinski definition) is 2. The molecule has 0 bridgehead atoms. The van der Waals surface area contributed by atoms with Gasteiger partial charge in [0.25, 0.3) is 0 Å². The summed E-state index contributed by atoms with van der Waals surface area (Å²) in [5, 5.41) is 15.3. The van der Waals surface area contributed by atoms with Gasteiger partial charge >= 0.3 is 0 Å². The highest BCUT2D eigenvalue weighted by atomic mass is 35.5. The first kappa shape index (κ1) is 15.1. The van der Waals surface area contributed by atoms with Crippen molar-refractivity contribution in [3.8, 4) is 0 Å². The molecule has 1 heterocycles. The molecular formula is C16H21ClN2O. The minimum absolute atomic E-state index is 0.511. The van der Waals surface area contributed by atoms with E-state index in [1.54, 1.807) is 11.7 Å². The Morgan fingerprint density at radius 3 is 2.20 bits per heavy atom. The van der Waals surface area contributed by atoms with Crippen LogP contribution in [-0.4, -0.2) is 14.9 Å². The van der Waals surface area contributed by atoms with E-state index in [1.807, 2.05) is 6.92 Å². The molecule has 1 aromatic heterocycles. The van der Waals surface area contributed by atoms with Crippen molar-refractivity contribution >= 4 is 11.6 Å². The van der Waals surface area contributed by atoms with Crippen LogP contribution in [0.2, 0.25) is 5.15 Å². The topological polar surface area (TPSA) is 38.1 Å². The number of aliphatic hydroxyl groups excluding tert-OH is 1. The molecule has 1 N–H and O–H groups in total. The summed E-state index contributed by atoms with van der Waals surface area (Å²) in [6.07, 6.45) is -0.0687. The van der Waals surface area contributed by atoms with Crippen molar-refractivity contribution in [2.24, 2.45) is 7.05 Å². The average Bonchev–Trinajstić information content (AvgIpc) is 2.58. The summed E-state index contributed by atoms with van der Waals surface area (Å²) < 4.78 is 1.60. The summed E-state index contributed by atoms with van der Waals surface area (Å²) in [7, 11) is 1.79. The molecule has 20 heavy (non-hydrogen) atoms. The third-order valence-electron chi connectivity index (χ3n) is 3.77. The lowest BCUT2D eigenvalue weighted by Gasteiger charge is -2.16. The lowest BCUT2D eigenvalue weighted by atomic mass is 9.93. The third kappa shape index (κ3) is 2.74. The Labute approximate surface area is 125 Å². The van der Waals surface area contributed by atoms with Crippen LogP contribution in [0.5, 0.6) is 0 Å². The molecule has 4 heteroatoms. The molecule has 0 saturated carbocycles. The van der Waals surface area contributed by atoms with Crippen molar-refractivity contribution in [2.75, 3.05) is 0 Å². The van der Waals surface area contributed by atoms with Crippen molar-refractivity contribution in [3.05, 3.63) is 50.8 Å². The normalized spacial score (nSPS) is 12.8. The van der Waals surface area contributed by atoms with Crippen molar-refractivity contribution in [3.63, 3.8) is 0 Å². The van der Waals surface area contributed by atoms with Gasteiger partial charge < -0.3 is 5.11 Å². The Hall–Kier alpha value is -1.32. The van der Waals surface area contributed by atoms with E-state index in [0.29, 0.717) is 11.6 Å². The van der Waals surface area contributed by atoms with Gasteiger partial charge in [-0.1, -0.05) is 29.3 Å². The SMILES string of the molecule is Cc1cc(C)c(CC(O)c2c(C)nn(C)c2Cl)c(C)c1. The Kier molecular flexibility index (Phi) is 4.21. The molecule has 0 saturated heterocycles. The van der Waals surface area contributed by atoms with E-state index >= 15 is 0 Å². The zero-order chi connectivity index (χ0) is 15.0. The highest BCUT2D eigenvalue weighted by Gasteiger charge is 2.21. The maximum Gasteiger partial charge on any atom is 0.132 e. The number of aliphatic hydroxyl groups is 1. The number of nitrogens with zero attached hydrogens (tertiary/aromatic N) is 2. The minimum Gasteiger partial charge on any atom is -0.388 e. The van der Waals surface area contributed by atoms with Crippen LogP contribution in [-0.2, 0) is 13.5 Å². The Morgan fingerprint density at radius 1 is 1.20 bits per heavy atom. The second-order valence-corrected chi connectivity index (χ2v) is 5.87. The molecule has 2 aromatic rings. The fraction of sp³-hybridized carbons (Fsp3) is 0.438. The van der Waals surface area contributed by atoms with Gasteiger partial charge in [-0.15, -0.1) is 0 Å². The summed E-state index contributed by atoms with van der Waals surface area (Å²) in [5.41, 5.74) is 6.36. The molecule has 1 atom stereocenters. The highest BCUT2D eigenvalue weighted by Crippen LogP contribution is 2.30. The van der Waals surface area contributed by atoms with Crippen molar-refractivity contribution in [2.45, 2.75) is 40.2 Å².